The van der Waals surface area contributed by atoms with Crippen LogP contribution in [0, 0.1) is 0 Å². The molecule has 1 N–H and O–H groups in total. The summed E-state index contributed by atoms with van der Waals surface area (Å²) in [6.07, 6.45) is 0. The molecule has 27 heavy (non-hydrogen) atoms. The van der Waals surface area contributed by atoms with Crippen LogP contribution >= 0.6 is 11.6 Å². The summed E-state index contributed by atoms with van der Waals surface area (Å²) in [5.41, 5.74) is 2.71. The smallest absolute Gasteiger partial charge is 0.340 e. The Morgan fingerprint density at radius 3 is 1.89 bits per heavy atom. The molecule has 2 aromatic carbocycles. The summed E-state index contributed by atoms with van der Waals surface area (Å²) in [6.45, 7) is 13.1. The molecule has 3 nitrogen and oxygen atoms in total. The average molecular weight is 405 g/mol. The van der Waals surface area contributed by atoms with Crippen LogP contribution in [-0.2, 0) is 0 Å². The fourth-order valence-electron chi connectivity index (χ4n) is 4.24. The van der Waals surface area contributed by atoms with Gasteiger partial charge in [0.25, 0.3) is 8.32 Å². The molecule has 0 radical (unpaired) electrons. The quantitative estimate of drug-likeness (QED) is 0.494. The third-order valence-electron chi connectivity index (χ3n) is 5.39. The van der Waals surface area contributed by atoms with Gasteiger partial charge in [-0.2, -0.15) is 0 Å². The molecule has 0 heterocycles. The van der Waals surface area contributed by atoms with E-state index in [4.69, 9.17) is 16.0 Å². The molecule has 0 aromatic heterocycles. The van der Waals surface area contributed by atoms with Crippen molar-refractivity contribution in [2.75, 3.05) is 0 Å². The maximum absolute atomic E-state index is 12.1. The average Bonchev–Trinajstić information content (AvgIpc) is 2.59. The standard InChI is InChI=1S/C22H29ClO3Si/c1-14(2)27(15(3)4,16(5)6)26-21-18(17-10-8-7-9-11-17)12-13-19(23)20(21)22(24)25/h7-16H,1-6H3,(H,24,25). The molecule has 0 saturated carbocycles. The van der Waals surface area contributed by atoms with Gasteiger partial charge in [-0.05, 0) is 34.3 Å². The maximum atomic E-state index is 12.1. The summed E-state index contributed by atoms with van der Waals surface area (Å²) >= 11 is 6.31. The molecule has 0 aliphatic carbocycles. The maximum Gasteiger partial charge on any atom is 0.340 e. The van der Waals surface area contributed by atoms with E-state index in [0.717, 1.165) is 11.1 Å². The highest BCUT2D eigenvalue weighted by atomic mass is 35.5. The van der Waals surface area contributed by atoms with Gasteiger partial charge in [-0.15, -0.1) is 0 Å². The minimum Gasteiger partial charge on any atom is -0.542 e. The molecule has 0 spiro atoms. The van der Waals surface area contributed by atoms with Crippen LogP contribution < -0.4 is 4.43 Å². The van der Waals surface area contributed by atoms with Crippen LogP contribution in [0.5, 0.6) is 5.75 Å². The van der Waals surface area contributed by atoms with Crippen LogP contribution in [0.2, 0.25) is 21.6 Å². The van der Waals surface area contributed by atoms with Gasteiger partial charge < -0.3 is 9.53 Å². The highest BCUT2D eigenvalue weighted by Crippen LogP contribution is 2.47. The zero-order valence-electron chi connectivity index (χ0n) is 16.9. The van der Waals surface area contributed by atoms with Gasteiger partial charge in [0.1, 0.15) is 11.3 Å². The topological polar surface area (TPSA) is 46.5 Å². The first kappa shape index (κ1) is 21.5. The fourth-order valence-corrected chi connectivity index (χ4v) is 9.74. The van der Waals surface area contributed by atoms with Gasteiger partial charge in [-0.1, -0.05) is 83.5 Å². The summed E-state index contributed by atoms with van der Waals surface area (Å²) in [4.78, 5) is 12.1. The van der Waals surface area contributed by atoms with Crippen LogP contribution in [0.25, 0.3) is 11.1 Å². The molecule has 146 valence electrons. The lowest BCUT2D eigenvalue weighted by molar-refractivity contribution is 0.0695. The molecule has 0 unspecified atom stereocenters. The normalized spacial score (nSPS) is 12.1. The molecule has 0 amide bonds. The predicted octanol–water partition coefficient (Wildman–Crippen LogP) is 7.26. The second kappa shape index (κ2) is 8.49. The molecule has 0 bridgehead atoms. The van der Waals surface area contributed by atoms with Gasteiger partial charge in [0.05, 0.1) is 5.02 Å². The molecule has 0 fully saturated rings. The third-order valence-corrected chi connectivity index (χ3v) is 11.7. The lowest BCUT2D eigenvalue weighted by Gasteiger charge is -2.43. The molecule has 0 atom stereocenters. The number of rotatable bonds is 7. The summed E-state index contributed by atoms with van der Waals surface area (Å²) in [5, 5.41) is 10.1. The Kier molecular flexibility index (Phi) is 6.76. The Morgan fingerprint density at radius 1 is 0.926 bits per heavy atom. The van der Waals surface area contributed by atoms with Crippen LogP contribution in [0.1, 0.15) is 51.9 Å². The number of carboxylic acid groups (broad SMARTS) is 1. The van der Waals surface area contributed by atoms with E-state index < -0.39 is 14.3 Å². The summed E-state index contributed by atoms with van der Waals surface area (Å²) < 4.78 is 6.82. The fraction of sp³-hybridized carbons (Fsp3) is 0.409. The van der Waals surface area contributed by atoms with Crippen LogP contribution in [0.15, 0.2) is 42.5 Å². The first-order chi connectivity index (χ1) is 12.6. The van der Waals surface area contributed by atoms with E-state index in [1.807, 2.05) is 36.4 Å². The number of hydrogen-bond acceptors (Lipinski definition) is 2. The van der Waals surface area contributed by atoms with Crippen LogP contribution in [-0.4, -0.2) is 19.4 Å². The van der Waals surface area contributed by atoms with E-state index in [1.54, 1.807) is 6.07 Å². The minimum absolute atomic E-state index is 0.0526. The summed E-state index contributed by atoms with van der Waals surface area (Å²) in [7, 11) is -2.35. The molecule has 5 heteroatoms. The highest BCUT2D eigenvalue weighted by Gasteiger charge is 2.48. The van der Waals surface area contributed by atoms with Gasteiger partial charge in [-0.3, -0.25) is 0 Å². The number of hydrogen-bond donors (Lipinski definition) is 1. The van der Waals surface area contributed by atoms with Gasteiger partial charge in [0, 0.05) is 5.56 Å². The number of benzene rings is 2. The van der Waals surface area contributed by atoms with Crippen molar-refractivity contribution in [3.8, 4) is 16.9 Å². The summed E-state index contributed by atoms with van der Waals surface area (Å²) in [6, 6.07) is 13.2. The lowest BCUT2D eigenvalue weighted by Crippen LogP contribution is -2.51. The highest BCUT2D eigenvalue weighted by molar-refractivity contribution is 6.78. The van der Waals surface area contributed by atoms with E-state index in [1.165, 1.54) is 0 Å². The van der Waals surface area contributed by atoms with Gasteiger partial charge in [-0.25, -0.2) is 4.79 Å². The molecular formula is C22H29ClO3Si. The minimum atomic E-state index is -2.35. The Bertz CT molecular complexity index is 779. The number of carboxylic acids is 1. The van der Waals surface area contributed by atoms with E-state index >= 15 is 0 Å². The van der Waals surface area contributed by atoms with E-state index in [9.17, 15) is 9.90 Å². The lowest BCUT2D eigenvalue weighted by atomic mass is 10.0. The van der Waals surface area contributed by atoms with Crippen molar-refractivity contribution in [2.24, 2.45) is 0 Å². The largest absolute Gasteiger partial charge is 0.542 e. The zero-order chi connectivity index (χ0) is 20.4. The second-order valence-electron chi connectivity index (χ2n) is 7.89. The third kappa shape index (κ3) is 4.07. The molecule has 0 saturated heterocycles. The molecular weight excluding hydrogens is 376 g/mol. The number of carbonyl (C=O) groups is 1. The Hall–Kier alpha value is -1.78. The first-order valence-electron chi connectivity index (χ1n) is 9.43. The van der Waals surface area contributed by atoms with Crippen molar-refractivity contribution in [1.29, 1.82) is 0 Å². The van der Waals surface area contributed by atoms with Crippen LogP contribution in [0.4, 0.5) is 0 Å². The van der Waals surface area contributed by atoms with Crippen molar-refractivity contribution in [3.05, 3.63) is 53.1 Å². The SMILES string of the molecule is CC(C)[Si](Oc1c(-c2ccccc2)ccc(Cl)c1C(=O)O)(C(C)C)C(C)C. The zero-order valence-corrected chi connectivity index (χ0v) is 18.7. The first-order valence-corrected chi connectivity index (χ1v) is 11.9. The number of halogens is 1. The van der Waals surface area contributed by atoms with Crippen molar-refractivity contribution in [2.45, 2.75) is 58.2 Å². The Morgan fingerprint density at radius 2 is 1.44 bits per heavy atom. The second-order valence-corrected chi connectivity index (χ2v) is 13.7. The molecule has 2 rings (SSSR count). The van der Waals surface area contributed by atoms with E-state index in [-0.39, 0.29) is 10.6 Å². The molecule has 2 aromatic rings. The Balaban J connectivity index is 2.80. The van der Waals surface area contributed by atoms with Crippen molar-refractivity contribution in [3.63, 3.8) is 0 Å². The number of aromatic carboxylic acids is 1. The van der Waals surface area contributed by atoms with Crippen molar-refractivity contribution < 1.29 is 14.3 Å². The van der Waals surface area contributed by atoms with Crippen LogP contribution in [0.3, 0.4) is 0 Å². The van der Waals surface area contributed by atoms with Gasteiger partial charge >= 0.3 is 5.97 Å². The Labute approximate surface area is 168 Å². The molecule has 0 aliphatic heterocycles. The van der Waals surface area contributed by atoms with E-state index in [0.29, 0.717) is 22.4 Å². The summed E-state index contributed by atoms with van der Waals surface area (Å²) in [5.74, 6) is -0.657. The monoisotopic (exact) mass is 404 g/mol. The van der Waals surface area contributed by atoms with E-state index in [2.05, 4.69) is 41.5 Å². The van der Waals surface area contributed by atoms with Gasteiger partial charge in [0.15, 0.2) is 0 Å². The van der Waals surface area contributed by atoms with Gasteiger partial charge in [0.2, 0.25) is 0 Å². The van der Waals surface area contributed by atoms with Crippen molar-refractivity contribution in [1.82, 2.24) is 0 Å². The predicted molar refractivity (Wildman–Crippen MR) is 116 cm³/mol. The van der Waals surface area contributed by atoms with Crippen molar-refractivity contribution >= 4 is 25.9 Å². The molecule has 0 aliphatic rings.